The van der Waals surface area contributed by atoms with Gasteiger partial charge in [-0.2, -0.15) is 0 Å². The highest BCUT2D eigenvalue weighted by Crippen LogP contribution is 2.26. The van der Waals surface area contributed by atoms with E-state index in [2.05, 4.69) is 5.32 Å². The molecule has 3 aromatic rings. The predicted molar refractivity (Wildman–Crippen MR) is 174 cm³/mol. The number of carbonyl (C=O) groups is 2. The van der Waals surface area contributed by atoms with E-state index in [-0.39, 0.29) is 23.4 Å². The molecule has 8 nitrogen and oxygen atoms in total. The summed E-state index contributed by atoms with van der Waals surface area (Å²) in [5, 5.41) is 3.19. The van der Waals surface area contributed by atoms with E-state index in [0.29, 0.717) is 30.9 Å². The summed E-state index contributed by atoms with van der Waals surface area (Å²) in [6.45, 7) is 5.97. The van der Waals surface area contributed by atoms with E-state index in [1.54, 1.807) is 29.2 Å². The van der Waals surface area contributed by atoms with Crippen LogP contribution in [0, 0.1) is 6.92 Å². The molecule has 1 saturated carbocycles. The lowest BCUT2D eigenvalue weighted by Crippen LogP contribution is -2.54. The third-order valence-electron chi connectivity index (χ3n) is 8.15. The van der Waals surface area contributed by atoms with Crippen molar-refractivity contribution in [1.29, 1.82) is 0 Å². The van der Waals surface area contributed by atoms with E-state index in [0.717, 1.165) is 41.1 Å². The monoisotopic (exact) mass is 619 g/mol. The number of carbonyl (C=O) groups excluding carboxylic acids is 2. The molecule has 44 heavy (non-hydrogen) atoms. The van der Waals surface area contributed by atoms with Crippen LogP contribution in [0.2, 0.25) is 0 Å². The molecule has 0 radical (unpaired) electrons. The van der Waals surface area contributed by atoms with Gasteiger partial charge in [-0.1, -0.05) is 74.2 Å². The Kier molecular flexibility index (Phi) is 11.8. The molecule has 9 heteroatoms. The van der Waals surface area contributed by atoms with Gasteiger partial charge in [0.2, 0.25) is 11.8 Å². The van der Waals surface area contributed by atoms with Crippen LogP contribution in [0.25, 0.3) is 0 Å². The van der Waals surface area contributed by atoms with Gasteiger partial charge in [-0.15, -0.1) is 0 Å². The summed E-state index contributed by atoms with van der Waals surface area (Å²) in [6.07, 6.45) is 6.14. The molecular formula is C35H45N3O5S. The summed E-state index contributed by atoms with van der Waals surface area (Å²) in [6, 6.07) is 22.4. The molecule has 0 bridgehead atoms. The standard InChI is InChI=1S/C35H45N3O5S/c1-4-33(35(40)36-29-14-10-7-11-15-29)37(25-24-28-12-8-6-9-13-28)34(39)26-38(30-18-16-27(3)17-19-30)44(41,42)32-22-20-31(21-23-32)43-5-2/h6,8-9,12-13,16-23,29,33H,4-5,7,10-11,14-15,24-26H2,1-3H3,(H,36,40). The van der Waals surface area contributed by atoms with E-state index in [1.807, 2.05) is 63.2 Å². The first-order chi connectivity index (χ1) is 21.2. The van der Waals surface area contributed by atoms with Crippen LogP contribution in [0.1, 0.15) is 63.5 Å². The average Bonchev–Trinajstić information content (AvgIpc) is 3.03. The lowest BCUT2D eigenvalue weighted by Gasteiger charge is -2.34. The van der Waals surface area contributed by atoms with Crippen LogP contribution in [0.3, 0.4) is 0 Å². The Morgan fingerprint density at radius 3 is 2.18 bits per heavy atom. The van der Waals surface area contributed by atoms with Crippen molar-refractivity contribution in [2.24, 2.45) is 0 Å². The SMILES string of the molecule is CCOc1ccc(S(=O)(=O)N(CC(=O)N(CCc2ccccc2)C(CC)C(=O)NC2CCCCC2)c2ccc(C)cc2)cc1. The van der Waals surface area contributed by atoms with Gasteiger partial charge in [0.15, 0.2) is 0 Å². The van der Waals surface area contributed by atoms with Gasteiger partial charge >= 0.3 is 0 Å². The minimum atomic E-state index is -4.14. The summed E-state index contributed by atoms with van der Waals surface area (Å²) in [7, 11) is -4.14. The molecule has 1 unspecified atom stereocenters. The number of ether oxygens (including phenoxy) is 1. The highest BCUT2D eigenvalue weighted by molar-refractivity contribution is 7.92. The van der Waals surface area contributed by atoms with E-state index in [9.17, 15) is 18.0 Å². The Balaban J connectivity index is 1.66. The Morgan fingerprint density at radius 1 is 0.909 bits per heavy atom. The molecule has 2 amide bonds. The Labute approximate surface area is 262 Å². The summed E-state index contributed by atoms with van der Waals surface area (Å²) >= 11 is 0. The average molecular weight is 620 g/mol. The first kappa shape index (κ1) is 33.1. The van der Waals surface area contributed by atoms with Crippen molar-refractivity contribution in [3.8, 4) is 5.75 Å². The molecule has 0 aliphatic heterocycles. The number of hydrogen-bond acceptors (Lipinski definition) is 5. The molecule has 4 rings (SSSR count). The topological polar surface area (TPSA) is 96.0 Å². The molecule has 236 valence electrons. The van der Waals surface area contributed by atoms with Gasteiger partial charge in [-0.3, -0.25) is 13.9 Å². The molecule has 1 N–H and O–H groups in total. The maximum atomic E-state index is 14.2. The zero-order valence-electron chi connectivity index (χ0n) is 26.1. The van der Waals surface area contributed by atoms with Crippen LogP contribution in [-0.2, 0) is 26.0 Å². The fourth-order valence-electron chi connectivity index (χ4n) is 5.68. The van der Waals surface area contributed by atoms with Gasteiger partial charge in [0.25, 0.3) is 10.0 Å². The second kappa shape index (κ2) is 15.7. The fourth-order valence-corrected chi connectivity index (χ4v) is 7.10. The van der Waals surface area contributed by atoms with Crippen LogP contribution < -0.4 is 14.4 Å². The lowest BCUT2D eigenvalue weighted by molar-refractivity contribution is -0.140. The van der Waals surface area contributed by atoms with Crippen LogP contribution in [0.4, 0.5) is 5.69 Å². The van der Waals surface area contributed by atoms with Crippen LogP contribution >= 0.6 is 0 Å². The minimum Gasteiger partial charge on any atom is -0.494 e. The zero-order valence-corrected chi connectivity index (χ0v) is 26.9. The van der Waals surface area contributed by atoms with Gasteiger partial charge in [-0.25, -0.2) is 8.42 Å². The van der Waals surface area contributed by atoms with Crippen molar-refractivity contribution in [1.82, 2.24) is 10.2 Å². The Bertz CT molecular complexity index is 1450. The van der Waals surface area contributed by atoms with Crippen molar-refractivity contribution >= 4 is 27.5 Å². The number of sulfonamides is 1. The second-order valence-electron chi connectivity index (χ2n) is 11.3. The normalized spacial score (nSPS) is 14.4. The largest absolute Gasteiger partial charge is 0.494 e. The molecule has 0 heterocycles. The van der Waals surface area contributed by atoms with E-state index < -0.39 is 28.5 Å². The quantitative estimate of drug-likeness (QED) is 0.243. The number of amides is 2. The summed E-state index contributed by atoms with van der Waals surface area (Å²) in [4.78, 5) is 29.5. The molecule has 1 aliphatic rings. The number of nitrogens with one attached hydrogen (secondary N) is 1. The highest BCUT2D eigenvalue weighted by Gasteiger charge is 2.34. The van der Waals surface area contributed by atoms with Crippen molar-refractivity contribution < 1.29 is 22.7 Å². The molecular weight excluding hydrogens is 574 g/mol. The van der Waals surface area contributed by atoms with Crippen LogP contribution in [-0.4, -0.2) is 56.9 Å². The molecule has 0 saturated heterocycles. The number of hydrogen-bond donors (Lipinski definition) is 1. The summed E-state index contributed by atoms with van der Waals surface area (Å²) in [5.41, 5.74) is 2.37. The zero-order chi connectivity index (χ0) is 31.5. The van der Waals surface area contributed by atoms with Crippen molar-refractivity contribution in [3.05, 3.63) is 90.0 Å². The smallest absolute Gasteiger partial charge is 0.264 e. The maximum absolute atomic E-state index is 14.2. The fraction of sp³-hybridized carbons (Fsp3) is 0.429. The molecule has 1 aliphatic carbocycles. The molecule has 1 atom stereocenters. The number of anilines is 1. The predicted octanol–water partition coefficient (Wildman–Crippen LogP) is 5.89. The highest BCUT2D eigenvalue weighted by atomic mass is 32.2. The van der Waals surface area contributed by atoms with E-state index in [1.165, 1.54) is 18.6 Å². The first-order valence-corrected chi connectivity index (χ1v) is 17.1. The number of benzene rings is 3. The van der Waals surface area contributed by atoms with Crippen molar-refractivity contribution in [3.63, 3.8) is 0 Å². The van der Waals surface area contributed by atoms with Gasteiger partial charge in [0.05, 0.1) is 17.2 Å². The third-order valence-corrected chi connectivity index (χ3v) is 9.93. The van der Waals surface area contributed by atoms with Gasteiger partial charge < -0.3 is 15.0 Å². The molecule has 0 spiro atoms. The Hall–Kier alpha value is -3.85. The number of rotatable bonds is 14. The first-order valence-electron chi connectivity index (χ1n) is 15.7. The van der Waals surface area contributed by atoms with Crippen molar-refractivity contribution in [2.75, 3.05) is 24.0 Å². The molecule has 1 fully saturated rings. The number of nitrogens with zero attached hydrogens (tertiary/aromatic N) is 2. The van der Waals surface area contributed by atoms with Crippen LogP contribution in [0.5, 0.6) is 5.75 Å². The minimum absolute atomic E-state index is 0.0484. The third kappa shape index (κ3) is 8.62. The van der Waals surface area contributed by atoms with Gasteiger partial charge in [0.1, 0.15) is 18.3 Å². The summed E-state index contributed by atoms with van der Waals surface area (Å²) < 4.78 is 34.8. The van der Waals surface area contributed by atoms with E-state index in [4.69, 9.17) is 4.74 Å². The van der Waals surface area contributed by atoms with Crippen molar-refractivity contribution in [2.45, 2.75) is 82.7 Å². The second-order valence-corrected chi connectivity index (χ2v) is 13.2. The number of aryl methyl sites for hydroxylation is 1. The van der Waals surface area contributed by atoms with E-state index >= 15 is 0 Å². The molecule has 3 aromatic carbocycles. The summed E-state index contributed by atoms with van der Waals surface area (Å²) in [5.74, 6) is -0.0509. The maximum Gasteiger partial charge on any atom is 0.264 e. The Morgan fingerprint density at radius 2 is 1.57 bits per heavy atom. The van der Waals surface area contributed by atoms with Gasteiger partial charge in [-0.05, 0) is 81.5 Å². The lowest BCUT2D eigenvalue weighted by atomic mass is 9.95. The van der Waals surface area contributed by atoms with Gasteiger partial charge in [0, 0.05) is 12.6 Å². The van der Waals surface area contributed by atoms with Crippen LogP contribution in [0.15, 0.2) is 83.8 Å². The molecule has 0 aromatic heterocycles.